The van der Waals surface area contributed by atoms with Crippen LogP contribution in [0.25, 0.3) is 0 Å². The van der Waals surface area contributed by atoms with E-state index in [0.717, 1.165) is 61.0 Å². The van der Waals surface area contributed by atoms with Gasteiger partial charge in [0, 0.05) is 38.1 Å². The highest BCUT2D eigenvalue weighted by molar-refractivity contribution is 7.12. The lowest BCUT2D eigenvalue weighted by atomic mass is 9.89. The summed E-state index contributed by atoms with van der Waals surface area (Å²) in [5.41, 5.74) is 4.21. The molecule has 2 aromatic heterocycles. The second-order valence-electron chi connectivity index (χ2n) is 8.86. The number of aromatic nitrogens is 1. The van der Waals surface area contributed by atoms with Gasteiger partial charge in [0.1, 0.15) is 0 Å². The zero-order chi connectivity index (χ0) is 22.8. The number of nitrogens with one attached hydrogen (secondary N) is 1. The normalized spacial score (nSPS) is 17.0. The van der Waals surface area contributed by atoms with Crippen LogP contribution in [0.2, 0.25) is 0 Å². The summed E-state index contributed by atoms with van der Waals surface area (Å²) in [5, 5.41) is 5.01. The van der Waals surface area contributed by atoms with Gasteiger partial charge < -0.3 is 15.1 Å². The largest absolute Gasteiger partial charge is 0.368 e. The molecule has 0 bridgehead atoms. The van der Waals surface area contributed by atoms with Gasteiger partial charge in [0.2, 0.25) is 5.91 Å². The van der Waals surface area contributed by atoms with Gasteiger partial charge in [-0.3, -0.25) is 14.6 Å². The summed E-state index contributed by atoms with van der Waals surface area (Å²) < 4.78 is 0. The molecule has 2 aliphatic heterocycles. The molecular weight excluding hydrogens is 432 g/mol. The third-order valence-electron chi connectivity index (χ3n) is 6.74. The zero-order valence-corrected chi connectivity index (χ0v) is 19.6. The Hall–Kier alpha value is -3.19. The number of nitrogens with zero attached hydrogens (tertiary/aromatic N) is 3. The number of likely N-dealkylation sites (tertiary alicyclic amines) is 1. The number of aryl methyl sites for hydroxylation is 1. The number of carbonyl (C=O) groups is 2. The molecule has 7 heteroatoms. The smallest absolute Gasteiger partial charge is 0.263 e. The molecule has 0 radical (unpaired) electrons. The van der Waals surface area contributed by atoms with Crippen LogP contribution in [-0.4, -0.2) is 47.9 Å². The minimum absolute atomic E-state index is 0.00510. The molecule has 5 rings (SSSR count). The summed E-state index contributed by atoms with van der Waals surface area (Å²) in [6, 6.07) is 16.0. The van der Waals surface area contributed by atoms with Gasteiger partial charge in [0.25, 0.3) is 5.91 Å². The average Bonchev–Trinajstić information content (AvgIpc) is 3.35. The first kappa shape index (κ1) is 21.6. The molecule has 0 unspecified atom stereocenters. The van der Waals surface area contributed by atoms with Crippen LogP contribution in [-0.2, 0) is 4.79 Å². The van der Waals surface area contributed by atoms with Gasteiger partial charge in [-0.15, -0.1) is 11.3 Å². The van der Waals surface area contributed by atoms with E-state index in [9.17, 15) is 9.59 Å². The Morgan fingerprint density at radius 2 is 1.79 bits per heavy atom. The molecule has 0 spiro atoms. The number of hydrogen-bond acceptors (Lipinski definition) is 5. The van der Waals surface area contributed by atoms with Crippen LogP contribution in [0.4, 0.5) is 11.4 Å². The van der Waals surface area contributed by atoms with Crippen molar-refractivity contribution >= 4 is 34.5 Å². The van der Waals surface area contributed by atoms with Crippen LogP contribution in [0.3, 0.4) is 0 Å². The van der Waals surface area contributed by atoms with Crippen LogP contribution >= 0.6 is 11.3 Å². The third-order valence-corrected chi connectivity index (χ3v) is 7.59. The first-order chi connectivity index (χ1) is 16.1. The fraction of sp³-hybridized carbons (Fsp3) is 0.346. The molecule has 33 heavy (non-hydrogen) atoms. The molecule has 2 saturated heterocycles. The summed E-state index contributed by atoms with van der Waals surface area (Å²) >= 11 is 1.50. The Balaban J connectivity index is 1.11. The van der Waals surface area contributed by atoms with Crippen LogP contribution in [0.1, 0.15) is 39.7 Å². The summed E-state index contributed by atoms with van der Waals surface area (Å²) in [7, 11) is 0. The van der Waals surface area contributed by atoms with Crippen molar-refractivity contribution in [2.45, 2.75) is 25.7 Å². The maximum atomic E-state index is 12.7. The number of thiophene rings is 1. The number of anilines is 2. The van der Waals surface area contributed by atoms with E-state index in [2.05, 4.69) is 33.4 Å². The minimum atomic E-state index is -0.00510. The number of amides is 2. The van der Waals surface area contributed by atoms with E-state index < -0.39 is 0 Å². The lowest BCUT2D eigenvalue weighted by molar-refractivity contribution is -0.120. The van der Waals surface area contributed by atoms with Crippen molar-refractivity contribution in [3.8, 4) is 0 Å². The van der Waals surface area contributed by atoms with Gasteiger partial charge in [-0.05, 0) is 67.0 Å². The number of benzene rings is 1. The van der Waals surface area contributed by atoms with Gasteiger partial charge in [0.05, 0.1) is 22.2 Å². The SMILES string of the molecule is Cc1ncccc1N1CC(C(=O)Nc2ccc(C3CCN(C(=O)c4cccs4)CC3)cc2)C1. The second kappa shape index (κ2) is 9.35. The van der Waals surface area contributed by atoms with Gasteiger partial charge in [0.15, 0.2) is 0 Å². The Labute approximate surface area is 198 Å². The van der Waals surface area contributed by atoms with E-state index in [1.165, 1.54) is 16.9 Å². The molecule has 0 aliphatic carbocycles. The summed E-state index contributed by atoms with van der Waals surface area (Å²) in [4.78, 5) is 34.5. The molecule has 3 aromatic rings. The average molecular weight is 461 g/mol. The first-order valence-corrected chi connectivity index (χ1v) is 12.4. The minimum Gasteiger partial charge on any atom is -0.368 e. The number of pyridine rings is 1. The fourth-order valence-electron chi connectivity index (χ4n) is 4.71. The summed E-state index contributed by atoms with van der Waals surface area (Å²) in [6.45, 7) is 5.01. The number of rotatable bonds is 5. The van der Waals surface area contributed by atoms with Gasteiger partial charge in [-0.25, -0.2) is 0 Å². The van der Waals surface area contributed by atoms with E-state index >= 15 is 0 Å². The van der Waals surface area contributed by atoms with Crippen LogP contribution < -0.4 is 10.2 Å². The molecule has 1 N–H and O–H groups in total. The fourth-order valence-corrected chi connectivity index (χ4v) is 5.40. The summed E-state index contributed by atoms with van der Waals surface area (Å²) in [5.74, 6) is 0.662. The van der Waals surface area contributed by atoms with Crippen LogP contribution in [0.15, 0.2) is 60.1 Å². The van der Waals surface area contributed by atoms with Crippen LogP contribution in [0.5, 0.6) is 0 Å². The van der Waals surface area contributed by atoms with Gasteiger partial charge in [-0.1, -0.05) is 18.2 Å². The Morgan fingerprint density at radius 3 is 2.45 bits per heavy atom. The number of carbonyl (C=O) groups excluding carboxylic acids is 2. The first-order valence-electron chi connectivity index (χ1n) is 11.5. The Kier molecular flexibility index (Phi) is 6.13. The summed E-state index contributed by atoms with van der Waals surface area (Å²) in [6.07, 6.45) is 3.73. The topological polar surface area (TPSA) is 65.5 Å². The van der Waals surface area contributed by atoms with E-state index in [0.29, 0.717) is 5.92 Å². The number of piperidine rings is 1. The highest BCUT2D eigenvalue weighted by Gasteiger charge is 2.33. The molecule has 0 saturated carbocycles. The standard InChI is InChI=1S/C26H28N4O2S/c1-18-23(4-2-12-27-18)30-16-21(17-30)25(31)28-22-8-6-19(7-9-22)20-10-13-29(14-11-20)26(32)24-5-3-15-33-24/h2-9,12,15,20-21H,10-11,13-14,16-17H2,1H3,(H,28,31). The van der Waals surface area contributed by atoms with E-state index in [1.807, 2.05) is 47.5 Å². The van der Waals surface area contributed by atoms with E-state index in [-0.39, 0.29) is 17.7 Å². The lowest BCUT2D eigenvalue weighted by Crippen LogP contribution is -2.52. The Bertz CT molecular complexity index is 1120. The Morgan fingerprint density at radius 1 is 1.03 bits per heavy atom. The highest BCUT2D eigenvalue weighted by atomic mass is 32.1. The number of hydrogen-bond donors (Lipinski definition) is 1. The third kappa shape index (κ3) is 4.64. The van der Waals surface area contributed by atoms with E-state index in [4.69, 9.17) is 0 Å². The predicted octanol–water partition coefficient (Wildman–Crippen LogP) is 4.55. The van der Waals surface area contributed by atoms with Crippen LogP contribution in [0, 0.1) is 12.8 Å². The molecule has 2 fully saturated rings. The lowest BCUT2D eigenvalue weighted by Gasteiger charge is -2.40. The zero-order valence-electron chi connectivity index (χ0n) is 18.7. The molecular formula is C26H28N4O2S. The van der Waals surface area contributed by atoms with Crippen molar-refractivity contribution in [3.05, 3.63) is 76.2 Å². The van der Waals surface area contributed by atoms with Gasteiger partial charge >= 0.3 is 0 Å². The molecule has 1 aromatic carbocycles. The quantitative estimate of drug-likeness (QED) is 0.607. The second-order valence-corrected chi connectivity index (χ2v) is 9.81. The molecule has 0 atom stereocenters. The van der Waals surface area contributed by atoms with Crippen molar-refractivity contribution in [1.29, 1.82) is 0 Å². The monoisotopic (exact) mass is 460 g/mol. The van der Waals surface area contributed by atoms with Gasteiger partial charge in [-0.2, -0.15) is 0 Å². The van der Waals surface area contributed by atoms with Crippen molar-refractivity contribution in [1.82, 2.24) is 9.88 Å². The predicted molar refractivity (Wildman–Crippen MR) is 132 cm³/mol. The van der Waals surface area contributed by atoms with Crippen molar-refractivity contribution in [2.24, 2.45) is 5.92 Å². The molecule has 170 valence electrons. The molecule has 2 amide bonds. The van der Waals surface area contributed by atoms with Crippen molar-refractivity contribution in [3.63, 3.8) is 0 Å². The molecule has 2 aliphatic rings. The molecule has 4 heterocycles. The highest BCUT2D eigenvalue weighted by Crippen LogP contribution is 2.31. The molecule has 6 nitrogen and oxygen atoms in total. The van der Waals surface area contributed by atoms with Crippen molar-refractivity contribution < 1.29 is 9.59 Å². The van der Waals surface area contributed by atoms with E-state index in [1.54, 1.807) is 6.20 Å². The van der Waals surface area contributed by atoms with Crippen molar-refractivity contribution in [2.75, 3.05) is 36.4 Å². The maximum absolute atomic E-state index is 12.7. The maximum Gasteiger partial charge on any atom is 0.263 e.